The first-order valence-corrected chi connectivity index (χ1v) is 6.41. The van der Waals surface area contributed by atoms with E-state index in [2.05, 4.69) is 25.3 Å². The molecule has 1 aromatic heterocycles. The third-order valence-electron chi connectivity index (χ3n) is 1.58. The second kappa shape index (κ2) is 5.09. The maximum absolute atomic E-state index is 9.71. The Labute approximate surface area is 101 Å². The maximum atomic E-state index is 9.71. The molecule has 0 radical (unpaired) electrons. The van der Waals surface area contributed by atoms with Gasteiger partial charge in [-0.15, -0.1) is 0 Å². The van der Waals surface area contributed by atoms with Gasteiger partial charge in [0.05, 0.1) is 6.21 Å². The first kappa shape index (κ1) is 12.7. The van der Waals surface area contributed by atoms with Crippen LogP contribution in [-0.4, -0.2) is 20.5 Å². The molecular formula is C10H14BrN2OS+. The van der Waals surface area contributed by atoms with Gasteiger partial charge < -0.3 is 0 Å². The highest BCUT2D eigenvalue weighted by Crippen LogP contribution is 2.17. The lowest BCUT2D eigenvalue weighted by Crippen LogP contribution is -2.25. The van der Waals surface area contributed by atoms with Crippen molar-refractivity contribution in [3.05, 3.63) is 28.5 Å². The molecule has 1 rings (SSSR count). The van der Waals surface area contributed by atoms with Gasteiger partial charge in [0.2, 0.25) is 0 Å². The number of pyridine rings is 1. The van der Waals surface area contributed by atoms with E-state index < -0.39 is 11.4 Å². The van der Waals surface area contributed by atoms with Crippen molar-refractivity contribution < 1.29 is 4.55 Å². The van der Waals surface area contributed by atoms with E-state index in [1.807, 2.05) is 26.8 Å². The van der Waals surface area contributed by atoms with Crippen LogP contribution in [0.4, 0.5) is 0 Å². The van der Waals surface area contributed by atoms with Crippen molar-refractivity contribution in [3.8, 4) is 0 Å². The molecule has 0 aliphatic carbocycles. The minimum Gasteiger partial charge on any atom is -0.263 e. The van der Waals surface area contributed by atoms with E-state index in [9.17, 15) is 4.55 Å². The summed E-state index contributed by atoms with van der Waals surface area (Å²) in [6.07, 6.45) is 5.06. The van der Waals surface area contributed by atoms with E-state index in [0.29, 0.717) is 0 Å². The molecule has 0 saturated carbocycles. The standard InChI is InChI=1S/C10H14BrN2OS/c1-10(2,3)15(14)13-6-8-4-9(11)7-12-5-8/h4-7,14H,1-3H3/q+1/b13-6+. The second-order valence-electron chi connectivity index (χ2n) is 4.05. The van der Waals surface area contributed by atoms with Crippen molar-refractivity contribution >= 4 is 33.5 Å². The van der Waals surface area contributed by atoms with Crippen LogP contribution in [0.15, 0.2) is 27.3 Å². The van der Waals surface area contributed by atoms with E-state index in [0.717, 1.165) is 10.0 Å². The van der Waals surface area contributed by atoms with Crippen molar-refractivity contribution in [1.29, 1.82) is 0 Å². The lowest BCUT2D eigenvalue weighted by molar-refractivity contribution is 0.597. The van der Waals surface area contributed by atoms with Crippen molar-refractivity contribution in [2.75, 3.05) is 0 Å². The Bertz CT molecular complexity index is 363. The molecule has 0 aliphatic heterocycles. The monoisotopic (exact) mass is 289 g/mol. The zero-order valence-electron chi connectivity index (χ0n) is 8.94. The van der Waals surface area contributed by atoms with Gasteiger partial charge in [-0.3, -0.25) is 4.98 Å². The summed E-state index contributed by atoms with van der Waals surface area (Å²) in [6.45, 7) is 5.85. The van der Waals surface area contributed by atoms with Crippen molar-refractivity contribution in [2.45, 2.75) is 25.5 Å². The SMILES string of the molecule is CC(C)(C)[S+](O)/N=C/c1cncc(Br)c1. The average molecular weight is 290 g/mol. The summed E-state index contributed by atoms with van der Waals surface area (Å²) in [5.74, 6) is 0. The van der Waals surface area contributed by atoms with Crippen LogP contribution < -0.4 is 0 Å². The lowest BCUT2D eigenvalue weighted by atomic mass is 10.3. The molecule has 3 nitrogen and oxygen atoms in total. The van der Waals surface area contributed by atoms with Gasteiger partial charge in [-0.25, -0.2) is 0 Å². The number of halogens is 1. The minimum absolute atomic E-state index is 0.212. The summed E-state index contributed by atoms with van der Waals surface area (Å²) in [5, 5.41) is 0. The molecule has 0 fully saturated rings. The van der Waals surface area contributed by atoms with Gasteiger partial charge in [-0.2, -0.15) is 4.55 Å². The molecule has 1 N–H and O–H groups in total. The fraction of sp³-hybridized carbons (Fsp3) is 0.400. The van der Waals surface area contributed by atoms with Crippen molar-refractivity contribution in [2.24, 2.45) is 4.40 Å². The molecule has 5 heteroatoms. The smallest absolute Gasteiger partial charge is 0.263 e. The van der Waals surface area contributed by atoms with Gasteiger partial charge in [0.25, 0.3) is 11.4 Å². The Morgan fingerprint density at radius 3 is 2.67 bits per heavy atom. The normalized spacial score (nSPS) is 14.5. The Hall–Kier alpha value is -0.390. The first-order valence-electron chi connectivity index (χ1n) is 4.48. The van der Waals surface area contributed by atoms with Crippen LogP contribution in [0.1, 0.15) is 26.3 Å². The van der Waals surface area contributed by atoms with Crippen LogP contribution in [0.25, 0.3) is 0 Å². The van der Waals surface area contributed by atoms with Gasteiger partial charge in [0.1, 0.15) is 0 Å². The average Bonchev–Trinajstić information content (AvgIpc) is 2.12. The number of hydrogen-bond acceptors (Lipinski definition) is 3. The summed E-state index contributed by atoms with van der Waals surface area (Å²) < 4.78 is 14.5. The Kier molecular flexibility index (Phi) is 4.31. The maximum Gasteiger partial charge on any atom is 0.294 e. The van der Waals surface area contributed by atoms with E-state index >= 15 is 0 Å². The van der Waals surface area contributed by atoms with Crippen LogP contribution in [-0.2, 0) is 11.4 Å². The molecular weight excluding hydrogens is 276 g/mol. The molecule has 82 valence electrons. The lowest BCUT2D eigenvalue weighted by Gasteiger charge is -2.07. The Morgan fingerprint density at radius 1 is 1.47 bits per heavy atom. The van der Waals surface area contributed by atoms with Crippen LogP contribution in [0.5, 0.6) is 0 Å². The molecule has 0 bridgehead atoms. The zero-order chi connectivity index (χ0) is 11.5. The summed E-state index contributed by atoms with van der Waals surface area (Å²) in [4.78, 5) is 4.01. The predicted octanol–water partition coefficient (Wildman–Crippen LogP) is 3.07. The number of aromatic nitrogens is 1. The molecule has 1 unspecified atom stereocenters. The van der Waals surface area contributed by atoms with Gasteiger partial charge in [0.15, 0.2) is 4.75 Å². The van der Waals surface area contributed by atoms with Crippen LogP contribution in [0.2, 0.25) is 0 Å². The quantitative estimate of drug-likeness (QED) is 0.672. The van der Waals surface area contributed by atoms with Crippen LogP contribution >= 0.6 is 15.9 Å². The summed E-state index contributed by atoms with van der Waals surface area (Å²) in [6, 6.07) is 1.90. The number of hydrogen-bond donors (Lipinski definition) is 1. The molecule has 0 aliphatic rings. The second-order valence-corrected chi connectivity index (χ2v) is 6.93. The third kappa shape index (κ3) is 4.32. The molecule has 1 heterocycles. The van der Waals surface area contributed by atoms with E-state index in [1.54, 1.807) is 18.6 Å². The Balaban J connectivity index is 2.74. The minimum atomic E-state index is -0.968. The fourth-order valence-corrected chi connectivity index (χ4v) is 1.69. The van der Waals surface area contributed by atoms with Crippen molar-refractivity contribution in [1.82, 2.24) is 4.98 Å². The summed E-state index contributed by atoms with van der Waals surface area (Å²) in [5.41, 5.74) is 0.875. The van der Waals surface area contributed by atoms with E-state index in [-0.39, 0.29) is 4.75 Å². The van der Waals surface area contributed by atoms with Gasteiger partial charge in [-0.05, 0) is 47.2 Å². The summed E-state index contributed by atoms with van der Waals surface area (Å²) in [7, 11) is 0. The number of rotatable bonds is 2. The zero-order valence-corrected chi connectivity index (χ0v) is 11.3. The highest BCUT2D eigenvalue weighted by molar-refractivity contribution is 9.10. The van der Waals surface area contributed by atoms with Crippen LogP contribution in [0, 0.1) is 0 Å². The molecule has 0 saturated heterocycles. The topological polar surface area (TPSA) is 45.5 Å². The van der Waals surface area contributed by atoms with Crippen LogP contribution in [0.3, 0.4) is 0 Å². The largest absolute Gasteiger partial charge is 0.294 e. The number of nitrogens with zero attached hydrogens (tertiary/aromatic N) is 2. The van der Waals surface area contributed by atoms with Gasteiger partial charge >= 0.3 is 0 Å². The molecule has 0 aromatic carbocycles. The van der Waals surface area contributed by atoms with E-state index in [4.69, 9.17) is 0 Å². The molecule has 0 amide bonds. The Morgan fingerprint density at radius 2 is 2.13 bits per heavy atom. The highest BCUT2D eigenvalue weighted by Gasteiger charge is 2.34. The first-order chi connectivity index (χ1) is 6.89. The third-order valence-corrected chi connectivity index (χ3v) is 3.41. The molecule has 0 spiro atoms. The van der Waals surface area contributed by atoms with Gasteiger partial charge in [0, 0.05) is 22.4 Å². The molecule has 1 atom stereocenters. The molecule has 1 aromatic rings. The van der Waals surface area contributed by atoms with Gasteiger partial charge in [-0.1, -0.05) is 0 Å². The highest BCUT2D eigenvalue weighted by atomic mass is 79.9. The van der Waals surface area contributed by atoms with E-state index in [1.165, 1.54) is 0 Å². The summed E-state index contributed by atoms with van der Waals surface area (Å²) >= 11 is 2.36. The predicted molar refractivity (Wildman–Crippen MR) is 69.3 cm³/mol. The fourth-order valence-electron chi connectivity index (χ4n) is 0.768. The van der Waals surface area contributed by atoms with Crippen molar-refractivity contribution in [3.63, 3.8) is 0 Å². The molecule has 15 heavy (non-hydrogen) atoms.